The molecule has 0 aliphatic carbocycles. The average Bonchev–Trinajstić information content (AvgIpc) is 2.45. The van der Waals surface area contributed by atoms with Gasteiger partial charge < -0.3 is 5.32 Å². The molecule has 1 aliphatic rings. The lowest BCUT2D eigenvalue weighted by Gasteiger charge is -2.43. The molecule has 1 aromatic rings. The van der Waals surface area contributed by atoms with Crippen molar-refractivity contribution in [2.45, 2.75) is 52.6 Å². The molecule has 1 fully saturated rings. The first-order valence-electron chi connectivity index (χ1n) is 7.72. The van der Waals surface area contributed by atoms with Gasteiger partial charge in [-0.1, -0.05) is 26.0 Å². The number of rotatable bonds is 4. The molecule has 0 unspecified atom stereocenters. The molecule has 0 spiro atoms. The van der Waals surface area contributed by atoms with Crippen LogP contribution in [0.2, 0.25) is 0 Å². The van der Waals surface area contributed by atoms with E-state index in [2.05, 4.69) is 24.1 Å². The minimum absolute atomic E-state index is 0.0643. The van der Waals surface area contributed by atoms with E-state index in [1.165, 1.54) is 5.56 Å². The standard InChI is InChI=1S/C17H27FN2/c1-5-17(6-2)12-20(8-7-19-17)11-15-9-13(3)16(18)14(4)10-15/h9-10,19H,5-8,11-12H2,1-4H3. The first-order valence-corrected chi connectivity index (χ1v) is 7.72. The van der Waals surface area contributed by atoms with Crippen LogP contribution < -0.4 is 5.32 Å². The van der Waals surface area contributed by atoms with Gasteiger partial charge in [-0.2, -0.15) is 0 Å². The molecule has 3 heteroatoms. The van der Waals surface area contributed by atoms with Crippen LogP contribution in [-0.2, 0) is 6.54 Å². The van der Waals surface area contributed by atoms with E-state index in [1.807, 2.05) is 26.0 Å². The van der Waals surface area contributed by atoms with Crippen molar-refractivity contribution in [1.82, 2.24) is 10.2 Å². The molecule has 2 rings (SSSR count). The van der Waals surface area contributed by atoms with Gasteiger partial charge in [0.05, 0.1) is 0 Å². The van der Waals surface area contributed by atoms with Crippen LogP contribution in [0.1, 0.15) is 43.4 Å². The molecule has 0 atom stereocenters. The van der Waals surface area contributed by atoms with E-state index in [0.717, 1.165) is 50.1 Å². The van der Waals surface area contributed by atoms with Crippen LogP contribution in [0.5, 0.6) is 0 Å². The highest BCUT2D eigenvalue weighted by atomic mass is 19.1. The number of nitrogens with zero attached hydrogens (tertiary/aromatic N) is 1. The lowest BCUT2D eigenvalue weighted by molar-refractivity contribution is 0.118. The summed E-state index contributed by atoms with van der Waals surface area (Å²) in [5.41, 5.74) is 2.99. The molecule has 112 valence electrons. The fraction of sp³-hybridized carbons (Fsp3) is 0.647. The van der Waals surface area contributed by atoms with Crippen LogP contribution >= 0.6 is 0 Å². The Hall–Kier alpha value is -0.930. The third kappa shape index (κ3) is 3.21. The maximum Gasteiger partial charge on any atom is 0.129 e. The molecule has 1 aliphatic heterocycles. The Balaban J connectivity index is 2.10. The smallest absolute Gasteiger partial charge is 0.129 e. The first kappa shape index (κ1) is 15.5. The van der Waals surface area contributed by atoms with Crippen molar-refractivity contribution in [3.05, 3.63) is 34.6 Å². The highest BCUT2D eigenvalue weighted by Gasteiger charge is 2.31. The molecule has 0 amide bonds. The summed E-state index contributed by atoms with van der Waals surface area (Å²) in [6.45, 7) is 12.3. The van der Waals surface area contributed by atoms with Crippen molar-refractivity contribution in [2.75, 3.05) is 19.6 Å². The van der Waals surface area contributed by atoms with Crippen molar-refractivity contribution < 1.29 is 4.39 Å². The zero-order valence-corrected chi connectivity index (χ0v) is 13.2. The number of aryl methyl sites for hydroxylation is 2. The van der Waals surface area contributed by atoms with Crippen LogP contribution in [0.3, 0.4) is 0 Å². The van der Waals surface area contributed by atoms with Gasteiger partial charge in [0, 0.05) is 31.7 Å². The van der Waals surface area contributed by atoms with Gasteiger partial charge in [0.15, 0.2) is 0 Å². The summed E-state index contributed by atoms with van der Waals surface area (Å²) in [6, 6.07) is 3.98. The second-order valence-corrected chi connectivity index (χ2v) is 6.17. The summed E-state index contributed by atoms with van der Waals surface area (Å²) in [5, 5.41) is 3.68. The van der Waals surface area contributed by atoms with Crippen LogP contribution in [0.4, 0.5) is 4.39 Å². The quantitative estimate of drug-likeness (QED) is 0.908. The highest BCUT2D eigenvalue weighted by Crippen LogP contribution is 2.22. The van der Waals surface area contributed by atoms with Crippen molar-refractivity contribution in [3.63, 3.8) is 0 Å². The predicted octanol–water partition coefficient (Wildman–Crippen LogP) is 3.41. The van der Waals surface area contributed by atoms with Gasteiger partial charge in [-0.25, -0.2) is 4.39 Å². The molecule has 1 heterocycles. The molecular formula is C17H27FN2. The Kier molecular flexibility index (Phi) is 4.82. The second-order valence-electron chi connectivity index (χ2n) is 6.17. The molecule has 1 aromatic carbocycles. The third-order valence-electron chi connectivity index (χ3n) is 4.71. The predicted molar refractivity (Wildman–Crippen MR) is 82.5 cm³/mol. The number of halogens is 1. The average molecular weight is 278 g/mol. The summed E-state index contributed by atoms with van der Waals surface area (Å²) < 4.78 is 13.7. The Morgan fingerprint density at radius 2 is 1.80 bits per heavy atom. The van der Waals surface area contributed by atoms with Crippen molar-refractivity contribution in [2.24, 2.45) is 0 Å². The Bertz CT molecular complexity index is 443. The lowest BCUT2D eigenvalue weighted by Crippen LogP contribution is -2.59. The van der Waals surface area contributed by atoms with Gasteiger partial charge in [-0.3, -0.25) is 4.90 Å². The number of hydrogen-bond acceptors (Lipinski definition) is 2. The maximum atomic E-state index is 13.7. The topological polar surface area (TPSA) is 15.3 Å². The van der Waals surface area contributed by atoms with Gasteiger partial charge in [0.2, 0.25) is 0 Å². The van der Waals surface area contributed by atoms with E-state index in [4.69, 9.17) is 0 Å². The molecule has 0 radical (unpaired) electrons. The zero-order valence-electron chi connectivity index (χ0n) is 13.2. The van der Waals surface area contributed by atoms with Gasteiger partial charge in [-0.05, 0) is 43.4 Å². The SMILES string of the molecule is CCC1(CC)CN(Cc2cc(C)c(F)c(C)c2)CCN1. The number of piperazine rings is 1. The monoisotopic (exact) mass is 278 g/mol. The second kappa shape index (κ2) is 6.23. The van der Waals surface area contributed by atoms with E-state index in [1.54, 1.807) is 0 Å². The van der Waals surface area contributed by atoms with Crippen LogP contribution in [0.15, 0.2) is 12.1 Å². The minimum atomic E-state index is -0.0643. The Morgan fingerprint density at radius 3 is 2.35 bits per heavy atom. The molecule has 0 saturated carbocycles. The van der Waals surface area contributed by atoms with E-state index in [-0.39, 0.29) is 11.4 Å². The fourth-order valence-electron chi connectivity index (χ4n) is 3.29. The zero-order chi connectivity index (χ0) is 14.8. The largest absolute Gasteiger partial charge is 0.309 e. The molecule has 2 nitrogen and oxygen atoms in total. The number of nitrogens with one attached hydrogen (secondary N) is 1. The summed E-state index contributed by atoms with van der Waals surface area (Å²) in [7, 11) is 0. The minimum Gasteiger partial charge on any atom is -0.309 e. The van der Waals surface area contributed by atoms with E-state index in [0.29, 0.717) is 0 Å². The van der Waals surface area contributed by atoms with Gasteiger partial charge >= 0.3 is 0 Å². The number of benzene rings is 1. The molecule has 1 saturated heterocycles. The van der Waals surface area contributed by atoms with Crippen molar-refractivity contribution in [1.29, 1.82) is 0 Å². The maximum absolute atomic E-state index is 13.7. The Labute approximate surface area is 122 Å². The summed E-state index contributed by atoms with van der Waals surface area (Å²) in [5.74, 6) is -0.0643. The molecule has 0 aromatic heterocycles. The Morgan fingerprint density at radius 1 is 1.20 bits per heavy atom. The third-order valence-corrected chi connectivity index (χ3v) is 4.71. The molecule has 0 bridgehead atoms. The summed E-state index contributed by atoms with van der Waals surface area (Å²) >= 11 is 0. The fourth-order valence-corrected chi connectivity index (χ4v) is 3.29. The number of hydrogen-bond donors (Lipinski definition) is 1. The molecule has 20 heavy (non-hydrogen) atoms. The summed E-state index contributed by atoms with van der Waals surface area (Å²) in [6.07, 6.45) is 2.31. The summed E-state index contributed by atoms with van der Waals surface area (Å²) in [4.78, 5) is 2.50. The first-order chi connectivity index (χ1) is 9.49. The van der Waals surface area contributed by atoms with Gasteiger partial charge in [0.25, 0.3) is 0 Å². The lowest BCUT2D eigenvalue weighted by atomic mass is 9.90. The van der Waals surface area contributed by atoms with Gasteiger partial charge in [0.1, 0.15) is 5.82 Å². The molecule has 1 N–H and O–H groups in total. The van der Waals surface area contributed by atoms with E-state index < -0.39 is 0 Å². The van der Waals surface area contributed by atoms with Crippen molar-refractivity contribution >= 4 is 0 Å². The molecular weight excluding hydrogens is 251 g/mol. The van der Waals surface area contributed by atoms with Crippen LogP contribution in [0, 0.1) is 19.7 Å². The van der Waals surface area contributed by atoms with Crippen LogP contribution in [0.25, 0.3) is 0 Å². The highest BCUT2D eigenvalue weighted by molar-refractivity contribution is 5.30. The van der Waals surface area contributed by atoms with Crippen LogP contribution in [-0.4, -0.2) is 30.1 Å². The van der Waals surface area contributed by atoms with Crippen molar-refractivity contribution in [3.8, 4) is 0 Å². The van der Waals surface area contributed by atoms with Gasteiger partial charge in [-0.15, -0.1) is 0 Å². The van der Waals surface area contributed by atoms with E-state index in [9.17, 15) is 4.39 Å². The van der Waals surface area contributed by atoms with E-state index >= 15 is 0 Å². The normalized spacial score (nSPS) is 19.2.